The predicted octanol–water partition coefficient (Wildman–Crippen LogP) is 2.01. The number of rotatable bonds is 7. The Morgan fingerprint density at radius 1 is 1.03 bits per heavy atom. The van der Waals surface area contributed by atoms with Crippen molar-refractivity contribution in [3.63, 3.8) is 0 Å². The lowest BCUT2D eigenvalue weighted by Gasteiger charge is -2.22. The molecule has 3 heterocycles. The van der Waals surface area contributed by atoms with E-state index in [1.54, 1.807) is 11.0 Å². The summed E-state index contributed by atoms with van der Waals surface area (Å²) in [4.78, 5) is 42.2. The molecule has 3 amide bonds. The third kappa shape index (κ3) is 4.84. The van der Waals surface area contributed by atoms with Crippen LogP contribution in [0.3, 0.4) is 0 Å². The Labute approximate surface area is 177 Å². The molecule has 0 unspecified atom stereocenters. The molecule has 3 aliphatic rings. The summed E-state index contributed by atoms with van der Waals surface area (Å²) in [6.45, 7) is 2.70. The van der Waals surface area contributed by atoms with Gasteiger partial charge < -0.3 is 9.64 Å². The summed E-state index contributed by atoms with van der Waals surface area (Å²) in [5, 5.41) is 0. The number of imide groups is 1. The van der Waals surface area contributed by atoms with Crippen LogP contribution >= 0.6 is 0 Å². The van der Waals surface area contributed by atoms with E-state index >= 15 is 0 Å². The van der Waals surface area contributed by atoms with Gasteiger partial charge in [-0.2, -0.15) is 0 Å². The number of ether oxygens (including phenoxy) is 1. The van der Waals surface area contributed by atoms with Crippen molar-refractivity contribution in [1.29, 1.82) is 0 Å². The fourth-order valence-corrected chi connectivity index (χ4v) is 4.70. The van der Waals surface area contributed by atoms with Gasteiger partial charge in [-0.25, -0.2) is 0 Å². The number of fused-ring (bicyclic) bond motifs is 1. The molecule has 31 heavy (non-hydrogen) atoms. The molecule has 4 rings (SSSR count). The molecule has 2 atom stereocenters. The first-order valence-electron chi connectivity index (χ1n) is 10.4. The van der Waals surface area contributed by atoms with Gasteiger partial charge in [0.2, 0.25) is 17.7 Å². The molecule has 0 spiro atoms. The summed E-state index contributed by atoms with van der Waals surface area (Å²) >= 11 is 0. The van der Waals surface area contributed by atoms with E-state index in [2.05, 4.69) is 4.74 Å². The van der Waals surface area contributed by atoms with Crippen molar-refractivity contribution in [3.05, 3.63) is 29.8 Å². The smallest absolute Gasteiger partial charge is 0.406 e. The van der Waals surface area contributed by atoms with Crippen LogP contribution in [0.1, 0.15) is 24.8 Å². The highest BCUT2D eigenvalue weighted by Gasteiger charge is 2.51. The molecule has 10 heteroatoms. The summed E-state index contributed by atoms with van der Waals surface area (Å²) in [6, 6.07) is 5.72. The Hall–Kier alpha value is -2.62. The van der Waals surface area contributed by atoms with Crippen molar-refractivity contribution in [1.82, 2.24) is 14.7 Å². The number of hydrogen-bond acceptors (Lipinski definition) is 5. The highest BCUT2D eigenvalue weighted by molar-refractivity contribution is 6.05. The third-order valence-electron chi connectivity index (χ3n) is 6.08. The maximum atomic E-state index is 12.8. The SMILES string of the molecule is O=C1CCCN1CCCN1C(=O)[C@H]2CN(Cc3cccc(OC(F)(F)F)c3)C[C@H]2C1=O. The molecular formula is C21H24F3N3O4. The summed E-state index contributed by atoms with van der Waals surface area (Å²) in [5.41, 5.74) is 0.619. The predicted molar refractivity (Wildman–Crippen MR) is 103 cm³/mol. The van der Waals surface area contributed by atoms with Crippen LogP contribution in [0.2, 0.25) is 0 Å². The van der Waals surface area contributed by atoms with Gasteiger partial charge in [-0.1, -0.05) is 12.1 Å². The minimum atomic E-state index is -4.76. The largest absolute Gasteiger partial charge is 0.573 e. The standard InChI is InChI=1S/C21H24F3N3O4/c22-21(23,24)31-15-5-1-4-14(10-15)11-25-12-16-17(13-25)20(30)27(19(16)29)9-3-8-26-7-2-6-18(26)28/h1,4-5,10,16-17H,2-3,6-9,11-13H2/t16-,17+. The fraction of sp³-hybridized carbons (Fsp3) is 0.571. The second-order valence-corrected chi connectivity index (χ2v) is 8.27. The van der Waals surface area contributed by atoms with Crippen molar-refractivity contribution < 1.29 is 32.3 Å². The molecular weight excluding hydrogens is 415 g/mol. The molecule has 0 bridgehead atoms. The summed E-state index contributed by atoms with van der Waals surface area (Å²) in [5.74, 6) is -1.40. The second-order valence-electron chi connectivity index (χ2n) is 8.27. The number of benzene rings is 1. The lowest BCUT2D eigenvalue weighted by molar-refractivity contribution is -0.274. The van der Waals surface area contributed by atoms with Crippen molar-refractivity contribution in [3.8, 4) is 5.75 Å². The quantitative estimate of drug-likeness (QED) is 0.608. The van der Waals surface area contributed by atoms with Gasteiger partial charge in [0.25, 0.3) is 0 Å². The molecule has 0 aromatic heterocycles. The molecule has 0 saturated carbocycles. The Balaban J connectivity index is 1.30. The van der Waals surface area contributed by atoms with Crippen molar-refractivity contribution in [2.24, 2.45) is 11.8 Å². The maximum Gasteiger partial charge on any atom is 0.573 e. The van der Waals surface area contributed by atoms with Gasteiger partial charge in [0.15, 0.2) is 0 Å². The summed E-state index contributed by atoms with van der Waals surface area (Å²) < 4.78 is 41.2. The molecule has 3 fully saturated rings. The topological polar surface area (TPSA) is 70.2 Å². The van der Waals surface area contributed by atoms with Crippen LogP contribution in [-0.2, 0) is 20.9 Å². The second kappa shape index (κ2) is 8.49. The van der Waals surface area contributed by atoms with E-state index in [0.717, 1.165) is 13.0 Å². The minimum absolute atomic E-state index is 0.122. The number of nitrogens with zero attached hydrogens (tertiary/aromatic N) is 3. The lowest BCUT2D eigenvalue weighted by atomic mass is 10.00. The monoisotopic (exact) mass is 439 g/mol. The highest BCUT2D eigenvalue weighted by Crippen LogP contribution is 2.34. The van der Waals surface area contributed by atoms with Gasteiger partial charge >= 0.3 is 6.36 Å². The van der Waals surface area contributed by atoms with Gasteiger partial charge in [-0.3, -0.25) is 24.2 Å². The van der Waals surface area contributed by atoms with E-state index in [4.69, 9.17) is 0 Å². The Bertz CT molecular complexity index is 852. The van der Waals surface area contributed by atoms with Crippen LogP contribution in [-0.4, -0.2) is 71.5 Å². The van der Waals surface area contributed by atoms with Crippen LogP contribution in [0, 0.1) is 11.8 Å². The summed E-state index contributed by atoms with van der Waals surface area (Å²) in [6.07, 6.45) is -2.77. The normalized spacial score (nSPS) is 24.4. The number of alkyl halides is 3. The first-order valence-corrected chi connectivity index (χ1v) is 10.4. The van der Waals surface area contributed by atoms with Crippen LogP contribution < -0.4 is 4.74 Å². The number of carbonyl (C=O) groups excluding carboxylic acids is 3. The van der Waals surface area contributed by atoms with Crippen molar-refractivity contribution in [2.75, 3.05) is 32.7 Å². The molecule has 0 radical (unpaired) electrons. The molecule has 3 saturated heterocycles. The number of amides is 3. The average Bonchev–Trinajstić information content (AvgIpc) is 3.34. The fourth-order valence-electron chi connectivity index (χ4n) is 4.70. The number of carbonyl (C=O) groups is 3. The van der Waals surface area contributed by atoms with Crippen LogP contribution in [0.5, 0.6) is 5.75 Å². The Morgan fingerprint density at radius 2 is 1.74 bits per heavy atom. The zero-order chi connectivity index (χ0) is 22.2. The first-order chi connectivity index (χ1) is 14.7. The minimum Gasteiger partial charge on any atom is -0.406 e. The lowest BCUT2D eigenvalue weighted by Crippen LogP contribution is -2.38. The van der Waals surface area contributed by atoms with E-state index in [9.17, 15) is 27.6 Å². The highest BCUT2D eigenvalue weighted by atomic mass is 19.4. The van der Waals surface area contributed by atoms with Gasteiger partial charge in [0, 0.05) is 45.7 Å². The van der Waals surface area contributed by atoms with E-state index < -0.39 is 18.2 Å². The Kier molecular flexibility index (Phi) is 5.92. The molecule has 0 aliphatic carbocycles. The molecule has 1 aromatic rings. The number of likely N-dealkylation sites (tertiary alicyclic amines) is 3. The molecule has 1 aromatic carbocycles. The van der Waals surface area contributed by atoms with Crippen molar-refractivity contribution >= 4 is 17.7 Å². The molecule has 168 valence electrons. The van der Waals surface area contributed by atoms with Crippen LogP contribution in [0.4, 0.5) is 13.2 Å². The van der Waals surface area contributed by atoms with Crippen molar-refractivity contribution in [2.45, 2.75) is 32.2 Å². The average molecular weight is 439 g/mol. The van der Waals surface area contributed by atoms with Crippen LogP contribution in [0.25, 0.3) is 0 Å². The Morgan fingerprint density at radius 3 is 2.35 bits per heavy atom. The van der Waals surface area contributed by atoms with E-state index in [-0.39, 0.29) is 23.5 Å². The van der Waals surface area contributed by atoms with Gasteiger partial charge in [-0.15, -0.1) is 13.2 Å². The third-order valence-corrected chi connectivity index (χ3v) is 6.08. The molecule has 3 aliphatic heterocycles. The van der Waals surface area contributed by atoms with E-state index in [0.29, 0.717) is 51.1 Å². The van der Waals surface area contributed by atoms with Gasteiger partial charge in [-0.05, 0) is 30.5 Å². The molecule has 7 nitrogen and oxygen atoms in total. The summed E-state index contributed by atoms with van der Waals surface area (Å²) in [7, 11) is 0. The number of hydrogen-bond donors (Lipinski definition) is 0. The zero-order valence-corrected chi connectivity index (χ0v) is 16.9. The number of halogens is 3. The van der Waals surface area contributed by atoms with Crippen LogP contribution in [0.15, 0.2) is 24.3 Å². The first kappa shape index (κ1) is 21.6. The van der Waals surface area contributed by atoms with Gasteiger partial charge in [0.05, 0.1) is 11.8 Å². The van der Waals surface area contributed by atoms with E-state index in [1.165, 1.54) is 23.1 Å². The molecule has 0 N–H and O–H groups in total. The zero-order valence-electron chi connectivity index (χ0n) is 16.9. The maximum absolute atomic E-state index is 12.8. The van der Waals surface area contributed by atoms with E-state index in [1.807, 2.05) is 4.90 Å². The van der Waals surface area contributed by atoms with Gasteiger partial charge in [0.1, 0.15) is 5.75 Å².